The second-order valence-corrected chi connectivity index (χ2v) is 21.0. The maximum absolute atomic E-state index is 12.4. The van der Waals surface area contributed by atoms with Crippen LogP contribution in [-0.4, -0.2) is 47.4 Å². The fourth-order valence-corrected chi connectivity index (χ4v) is 9.50. The number of hydrogen-bond acceptors (Lipinski definition) is 5. The van der Waals surface area contributed by atoms with Gasteiger partial charge in [-0.25, -0.2) is 0 Å². The Hall–Kier alpha value is -1.66. The van der Waals surface area contributed by atoms with Crippen LogP contribution >= 0.6 is 0 Å². The lowest BCUT2D eigenvalue weighted by molar-refractivity contribution is -0.143. The predicted octanol–water partition coefficient (Wildman–Crippen LogP) is 19.0. The van der Waals surface area contributed by atoms with Gasteiger partial charge in [0.15, 0.2) is 0 Å². The highest BCUT2D eigenvalue weighted by Gasteiger charge is 2.20. The zero-order valence-electron chi connectivity index (χ0n) is 45.9. The number of unbranched alkanes of at least 4 members (excludes halogenated alkanes) is 42. The van der Waals surface area contributed by atoms with Gasteiger partial charge >= 0.3 is 5.97 Å². The summed E-state index contributed by atoms with van der Waals surface area (Å²) in [4.78, 5) is 24.4. The van der Waals surface area contributed by atoms with Crippen LogP contribution in [0.5, 0.6) is 0 Å². The molecule has 0 saturated carbocycles. The maximum Gasteiger partial charge on any atom is 0.305 e. The van der Waals surface area contributed by atoms with E-state index >= 15 is 0 Å². The van der Waals surface area contributed by atoms with Gasteiger partial charge in [-0.05, 0) is 70.6 Å². The molecule has 0 aromatic carbocycles. The third-order valence-electron chi connectivity index (χ3n) is 14.2. The molecular weight excluding hydrogens is 839 g/mol. The third-order valence-corrected chi connectivity index (χ3v) is 14.2. The quantitative estimate of drug-likeness (QED) is 0.0321. The van der Waals surface area contributed by atoms with E-state index in [2.05, 4.69) is 43.5 Å². The van der Waals surface area contributed by atoms with Gasteiger partial charge in [0.2, 0.25) is 5.91 Å². The molecule has 2 atom stereocenters. The second kappa shape index (κ2) is 57.9. The predicted molar refractivity (Wildman–Crippen MR) is 296 cm³/mol. The van der Waals surface area contributed by atoms with Gasteiger partial charge in [-0.1, -0.05) is 276 Å². The largest absolute Gasteiger partial charge is 0.466 e. The molecule has 0 heterocycles. The zero-order valence-corrected chi connectivity index (χ0v) is 45.9. The number of amides is 1. The minimum atomic E-state index is -0.660. The zero-order chi connectivity index (χ0) is 49.3. The third kappa shape index (κ3) is 53.7. The number of esters is 1. The molecule has 0 aliphatic heterocycles. The van der Waals surface area contributed by atoms with E-state index in [-0.39, 0.29) is 18.5 Å². The second-order valence-electron chi connectivity index (χ2n) is 21.0. The van der Waals surface area contributed by atoms with Crippen molar-refractivity contribution in [1.29, 1.82) is 0 Å². The molecule has 0 rings (SSSR count). The molecule has 6 nitrogen and oxygen atoms in total. The number of rotatable bonds is 57. The molecule has 402 valence electrons. The highest BCUT2D eigenvalue weighted by Crippen LogP contribution is 2.17. The lowest BCUT2D eigenvalue weighted by atomic mass is 10.0. The van der Waals surface area contributed by atoms with Crippen molar-refractivity contribution in [2.45, 2.75) is 347 Å². The van der Waals surface area contributed by atoms with Gasteiger partial charge in [0.1, 0.15) is 0 Å². The number of allylic oxidation sites excluding steroid dienone is 4. The normalized spacial score (nSPS) is 12.7. The molecule has 0 bridgehead atoms. The highest BCUT2D eigenvalue weighted by molar-refractivity contribution is 5.76. The molecule has 0 aliphatic carbocycles. The standard InChI is InChI=1S/C62H119NO5/c1-3-5-7-9-11-13-35-40-44-48-52-56-62(67)68-57-53-49-45-41-37-34-32-30-28-26-24-22-20-18-16-14-15-17-19-21-23-25-27-29-31-33-36-39-43-47-51-55-61(66)63-59(58-64)60(65)54-50-46-42-38-12-10-8-6-4-2/h9,11,16,18,59-60,64-65H,3-8,10,12-15,17,19-58H2,1-2H3,(H,63,66)/b11-9-,18-16-. The summed E-state index contributed by atoms with van der Waals surface area (Å²) in [6, 6.07) is -0.537. The van der Waals surface area contributed by atoms with Gasteiger partial charge in [0, 0.05) is 12.8 Å². The summed E-state index contributed by atoms with van der Waals surface area (Å²) in [5.74, 6) is -0.0279. The van der Waals surface area contributed by atoms with E-state index in [4.69, 9.17) is 4.74 Å². The first kappa shape index (κ1) is 66.3. The lowest BCUT2D eigenvalue weighted by Gasteiger charge is -2.22. The molecule has 0 spiro atoms. The van der Waals surface area contributed by atoms with Crippen LogP contribution in [0.15, 0.2) is 24.3 Å². The molecule has 3 N–H and O–H groups in total. The summed E-state index contributed by atoms with van der Waals surface area (Å²) in [5, 5.41) is 23.1. The summed E-state index contributed by atoms with van der Waals surface area (Å²) in [6.07, 6.45) is 70.7. The number of nitrogens with one attached hydrogen (secondary N) is 1. The van der Waals surface area contributed by atoms with Gasteiger partial charge in [0.25, 0.3) is 0 Å². The Bertz CT molecular complexity index is 1060. The Morgan fingerprint density at radius 3 is 1.09 bits per heavy atom. The van der Waals surface area contributed by atoms with E-state index in [1.54, 1.807) is 0 Å². The molecular formula is C62H119NO5. The van der Waals surface area contributed by atoms with Crippen molar-refractivity contribution >= 4 is 11.9 Å². The summed E-state index contributed by atoms with van der Waals surface area (Å²) in [5.41, 5.74) is 0. The molecule has 0 fully saturated rings. The van der Waals surface area contributed by atoms with Crippen molar-refractivity contribution in [2.24, 2.45) is 0 Å². The average Bonchev–Trinajstić information content (AvgIpc) is 3.34. The van der Waals surface area contributed by atoms with E-state index < -0.39 is 12.1 Å². The van der Waals surface area contributed by atoms with Crippen LogP contribution in [0.3, 0.4) is 0 Å². The molecule has 0 aliphatic rings. The molecule has 0 saturated heterocycles. The summed E-state index contributed by atoms with van der Waals surface area (Å²) in [6.45, 7) is 4.91. The van der Waals surface area contributed by atoms with Crippen LogP contribution in [0.25, 0.3) is 0 Å². The molecule has 0 radical (unpaired) electrons. The topological polar surface area (TPSA) is 95.9 Å². The van der Waals surface area contributed by atoms with Gasteiger partial charge in [-0.3, -0.25) is 9.59 Å². The van der Waals surface area contributed by atoms with Crippen LogP contribution in [0, 0.1) is 0 Å². The minimum absolute atomic E-state index is 0.00649. The van der Waals surface area contributed by atoms with Crippen LogP contribution in [0.1, 0.15) is 335 Å². The summed E-state index contributed by atoms with van der Waals surface area (Å²) >= 11 is 0. The van der Waals surface area contributed by atoms with Crippen LogP contribution < -0.4 is 5.32 Å². The van der Waals surface area contributed by atoms with Crippen molar-refractivity contribution in [3.63, 3.8) is 0 Å². The van der Waals surface area contributed by atoms with Crippen LogP contribution in [0.4, 0.5) is 0 Å². The SMILES string of the molecule is CCCC/C=C\CCCCCCCC(=O)OCCCCCCCCCCCCCC/C=C\CCCCCCCCCCCCCCCCCC(=O)NC(CO)C(O)CCCCCCCCCCC. The van der Waals surface area contributed by atoms with Gasteiger partial charge in [-0.15, -0.1) is 0 Å². The number of carbonyl (C=O) groups is 2. The van der Waals surface area contributed by atoms with Crippen molar-refractivity contribution in [3.8, 4) is 0 Å². The Labute approximate surface area is 424 Å². The molecule has 68 heavy (non-hydrogen) atoms. The summed E-state index contributed by atoms with van der Waals surface area (Å²) in [7, 11) is 0. The fourth-order valence-electron chi connectivity index (χ4n) is 9.50. The van der Waals surface area contributed by atoms with E-state index in [1.165, 1.54) is 257 Å². The van der Waals surface area contributed by atoms with Gasteiger partial charge in [-0.2, -0.15) is 0 Å². The number of carbonyl (C=O) groups excluding carboxylic acids is 2. The van der Waals surface area contributed by atoms with Crippen LogP contribution in [0.2, 0.25) is 0 Å². The molecule has 0 aromatic rings. The van der Waals surface area contributed by atoms with E-state index in [1.807, 2.05) is 0 Å². The summed E-state index contributed by atoms with van der Waals surface area (Å²) < 4.78 is 5.46. The number of ether oxygens (including phenoxy) is 1. The molecule has 6 heteroatoms. The highest BCUT2D eigenvalue weighted by atomic mass is 16.5. The van der Waals surface area contributed by atoms with Crippen molar-refractivity contribution in [1.82, 2.24) is 5.32 Å². The van der Waals surface area contributed by atoms with E-state index in [0.29, 0.717) is 25.9 Å². The molecule has 0 aromatic heterocycles. The maximum atomic E-state index is 12.4. The first-order valence-corrected chi connectivity index (χ1v) is 30.6. The molecule has 2 unspecified atom stereocenters. The number of hydrogen-bond donors (Lipinski definition) is 3. The lowest BCUT2D eigenvalue weighted by Crippen LogP contribution is -2.45. The first-order valence-electron chi connectivity index (χ1n) is 30.6. The first-order chi connectivity index (χ1) is 33.5. The Morgan fingerprint density at radius 1 is 0.397 bits per heavy atom. The van der Waals surface area contributed by atoms with Gasteiger partial charge in [0.05, 0.1) is 25.4 Å². The van der Waals surface area contributed by atoms with Gasteiger partial charge < -0.3 is 20.3 Å². The van der Waals surface area contributed by atoms with E-state index in [9.17, 15) is 19.8 Å². The Morgan fingerprint density at radius 2 is 0.706 bits per heavy atom. The van der Waals surface area contributed by atoms with Crippen LogP contribution in [-0.2, 0) is 14.3 Å². The number of aliphatic hydroxyl groups excluding tert-OH is 2. The Balaban J connectivity index is 3.33. The van der Waals surface area contributed by atoms with E-state index in [0.717, 1.165) is 44.9 Å². The smallest absolute Gasteiger partial charge is 0.305 e. The van der Waals surface area contributed by atoms with Crippen molar-refractivity contribution in [2.75, 3.05) is 13.2 Å². The monoisotopic (exact) mass is 958 g/mol. The van der Waals surface area contributed by atoms with Crippen molar-refractivity contribution < 1.29 is 24.5 Å². The fraction of sp³-hybridized carbons (Fsp3) is 0.903. The van der Waals surface area contributed by atoms with Crippen molar-refractivity contribution in [3.05, 3.63) is 24.3 Å². The average molecular weight is 959 g/mol. The Kier molecular flexibility index (Phi) is 56.5. The minimum Gasteiger partial charge on any atom is -0.466 e. The number of aliphatic hydroxyl groups is 2. The molecule has 1 amide bonds.